The lowest BCUT2D eigenvalue weighted by atomic mass is 9.99. The van der Waals surface area contributed by atoms with Crippen LogP contribution in [0.2, 0.25) is 0 Å². The molecule has 2 aromatic rings. The van der Waals surface area contributed by atoms with E-state index < -0.39 is 0 Å². The van der Waals surface area contributed by atoms with E-state index in [-0.39, 0.29) is 11.8 Å². The minimum Gasteiger partial charge on any atom is -0.322 e. The first kappa shape index (κ1) is 16.2. The Morgan fingerprint density at radius 2 is 1.79 bits per heavy atom. The quantitative estimate of drug-likeness (QED) is 0.929. The summed E-state index contributed by atoms with van der Waals surface area (Å²) in [7, 11) is 0. The number of rotatable bonds is 3. The maximum atomic E-state index is 12.7. The predicted molar refractivity (Wildman–Crippen MR) is 96.6 cm³/mol. The molecule has 1 fully saturated rings. The molecule has 4 heteroatoms. The summed E-state index contributed by atoms with van der Waals surface area (Å²) in [5, 5.41) is 2.96. The van der Waals surface area contributed by atoms with Gasteiger partial charge in [0.15, 0.2) is 0 Å². The molecule has 2 amide bonds. The molecule has 0 radical (unpaired) electrons. The van der Waals surface area contributed by atoms with Gasteiger partial charge >= 0.3 is 0 Å². The van der Waals surface area contributed by atoms with Crippen molar-refractivity contribution in [3.63, 3.8) is 0 Å². The first-order chi connectivity index (χ1) is 11.5. The molecule has 1 aliphatic heterocycles. The van der Waals surface area contributed by atoms with Crippen LogP contribution in [-0.2, 0) is 4.79 Å². The molecule has 2 aromatic carbocycles. The van der Waals surface area contributed by atoms with Crippen molar-refractivity contribution in [2.24, 2.45) is 0 Å². The average molecular weight is 322 g/mol. The number of carbonyl (C=O) groups excluding carboxylic acids is 2. The average Bonchev–Trinajstić information content (AvgIpc) is 2.92. The molecular formula is C20H22N2O2. The van der Waals surface area contributed by atoms with Gasteiger partial charge in [0, 0.05) is 29.9 Å². The third kappa shape index (κ3) is 3.18. The third-order valence-corrected chi connectivity index (χ3v) is 4.39. The van der Waals surface area contributed by atoms with Gasteiger partial charge in [0.2, 0.25) is 5.91 Å². The van der Waals surface area contributed by atoms with Gasteiger partial charge in [0.05, 0.1) is 0 Å². The SMILES string of the molecule is Cc1cc(C)c(C(=O)Nc2cccc(N3CCCC3=O)c2)c(C)c1. The summed E-state index contributed by atoms with van der Waals surface area (Å²) in [6, 6.07) is 11.5. The van der Waals surface area contributed by atoms with E-state index in [1.165, 1.54) is 0 Å². The zero-order chi connectivity index (χ0) is 17.3. The summed E-state index contributed by atoms with van der Waals surface area (Å²) in [6.07, 6.45) is 1.48. The van der Waals surface area contributed by atoms with Crippen LogP contribution in [0.15, 0.2) is 36.4 Å². The molecule has 4 nitrogen and oxygen atoms in total. The van der Waals surface area contributed by atoms with E-state index >= 15 is 0 Å². The van der Waals surface area contributed by atoms with E-state index in [2.05, 4.69) is 5.32 Å². The highest BCUT2D eigenvalue weighted by molar-refractivity contribution is 6.06. The Bertz CT molecular complexity index is 788. The zero-order valence-electron chi connectivity index (χ0n) is 14.3. The van der Waals surface area contributed by atoms with Crippen LogP contribution in [0.25, 0.3) is 0 Å². The van der Waals surface area contributed by atoms with Gasteiger partial charge in [-0.25, -0.2) is 0 Å². The molecule has 0 spiro atoms. The van der Waals surface area contributed by atoms with Gasteiger partial charge in [0.25, 0.3) is 5.91 Å². The first-order valence-electron chi connectivity index (χ1n) is 8.25. The molecule has 0 atom stereocenters. The highest BCUT2D eigenvalue weighted by Gasteiger charge is 2.22. The molecule has 3 rings (SSSR count). The summed E-state index contributed by atoms with van der Waals surface area (Å²) >= 11 is 0. The van der Waals surface area contributed by atoms with Crippen LogP contribution in [0.3, 0.4) is 0 Å². The number of hydrogen-bond acceptors (Lipinski definition) is 2. The van der Waals surface area contributed by atoms with E-state index in [0.29, 0.717) is 17.7 Å². The lowest BCUT2D eigenvalue weighted by Crippen LogP contribution is -2.23. The van der Waals surface area contributed by atoms with Crippen molar-refractivity contribution >= 4 is 23.2 Å². The Morgan fingerprint density at radius 3 is 2.42 bits per heavy atom. The number of nitrogens with one attached hydrogen (secondary N) is 1. The molecule has 124 valence electrons. The number of hydrogen-bond donors (Lipinski definition) is 1. The predicted octanol–water partition coefficient (Wildman–Crippen LogP) is 3.99. The molecule has 0 aliphatic carbocycles. The van der Waals surface area contributed by atoms with Gasteiger partial charge in [-0.05, 0) is 56.5 Å². The third-order valence-electron chi connectivity index (χ3n) is 4.39. The maximum absolute atomic E-state index is 12.7. The van der Waals surface area contributed by atoms with Crippen molar-refractivity contribution < 1.29 is 9.59 Å². The largest absolute Gasteiger partial charge is 0.322 e. The Hall–Kier alpha value is -2.62. The van der Waals surface area contributed by atoms with Gasteiger partial charge < -0.3 is 10.2 Å². The van der Waals surface area contributed by atoms with Gasteiger partial charge in [0.1, 0.15) is 0 Å². The summed E-state index contributed by atoms with van der Waals surface area (Å²) < 4.78 is 0. The molecule has 24 heavy (non-hydrogen) atoms. The van der Waals surface area contributed by atoms with Crippen molar-refractivity contribution in [3.05, 3.63) is 58.7 Å². The lowest BCUT2D eigenvalue weighted by molar-refractivity contribution is -0.117. The number of amides is 2. The molecule has 1 N–H and O–H groups in total. The van der Waals surface area contributed by atoms with Crippen molar-refractivity contribution in [2.45, 2.75) is 33.6 Å². The van der Waals surface area contributed by atoms with Crippen LogP contribution < -0.4 is 10.2 Å². The molecule has 0 unspecified atom stereocenters. The van der Waals surface area contributed by atoms with Crippen molar-refractivity contribution in [2.75, 3.05) is 16.8 Å². The van der Waals surface area contributed by atoms with Crippen LogP contribution in [0.4, 0.5) is 11.4 Å². The van der Waals surface area contributed by atoms with Crippen LogP contribution in [-0.4, -0.2) is 18.4 Å². The smallest absolute Gasteiger partial charge is 0.256 e. The molecule has 1 saturated heterocycles. The second-order valence-corrected chi connectivity index (χ2v) is 6.43. The number of anilines is 2. The Morgan fingerprint density at radius 1 is 1.08 bits per heavy atom. The van der Waals surface area contributed by atoms with Crippen molar-refractivity contribution in [1.82, 2.24) is 0 Å². The van der Waals surface area contributed by atoms with Crippen LogP contribution >= 0.6 is 0 Å². The number of nitrogens with zero attached hydrogens (tertiary/aromatic N) is 1. The first-order valence-corrected chi connectivity index (χ1v) is 8.25. The number of aryl methyl sites for hydroxylation is 3. The molecule has 1 aliphatic rings. The summed E-state index contributed by atoms with van der Waals surface area (Å²) in [6.45, 7) is 6.67. The van der Waals surface area contributed by atoms with E-state index in [1.807, 2.05) is 57.2 Å². The summed E-state index contributed by atoms with van der Waals surface area (Å²) in [4.78, 5) is 26.3. The molecule has 1 heterocycles. The highest BCUT2D eigenvalue weighted by atomic mass is 16.2. The highest BCUT2D eigenvalue weighted by Crippen LogP contribution is 2.25. The second kappa shape index (κ2) is 6.48. The van der Waals surface area contributed by atoms with Gasteiger partial charge in [-0.15, -0.1) is 0 Å². The summed E-state index contributed by atoms with van der Waals surface area (Å²) in [5.41, 5.74) is 5.34. The zero-order valence-corrected chi connectivity index (χ0v) is 14.3. The van der Waals surface area contributed by atoms with Crippen molar-refractivity contribution in [1.29, 1.82) is 0 Å². The van der Waals surface area contributed by atoms with E-state index in [1.54, 1.807) is 4.90 Å². The Labute approximate surface area is 142 Å². The van der Waals surface area contributed by atoms with Gasteiger partial charge in [-0.3, -0.25) is 9.59 Å². The second-order valence-electron chi connectivity index (χ2n) is 6.43. The van der Waals surface area contributed by atoms with E-state index in [0.717, 1.165) is 35.3 Å². The number of benzene rings is 2. The van der Waals surface area contributed by atoms with Crippen LogP contribution in [0.5, 0.6) is 0 Å². The fourth-order valence-electron chi connectivity index (χ4n) is 3.40. The summed E-state index contributed by atoms with van der Waals surface area (Å²) in [5.74, 6) is 0.0265. The Kier molecular flexibility index (Phi) is 4.38. The number of carbonyl (C=O) groups is 2. The Balaban J connectivity index is 1.84. The van der Waals surface area contributed by atoms with Crippen LogP contribution in [0, 0.1) is 20.8 Å². The monoisotopic (exact) mass is 322 g/mol. The topological polar surface area (TPSA) is 49.4 Å². The fraction of sp³-hybridized carbons (Fsp3) is 0.300. The fourth-order valence-corrected chi connectivity index (χ4v) is 3.40. The van der Waals surface area contributed by atoms with Gasteiger partial charge in [-0.2, -0.15) is 0 Å². The van der Waals surface area contributed by atoms with E-state index in [4.69, 9.17) is 0 Å². The van der Waals surface area contributed by atoms with E-state index in [9.17, 15) is 9.59 Å². The minimum absolute atomic E-state index is 0.116. The molecule has 0 bridgehead atoms. The molecule has 0 saturated carbocycles. The molecule has 0 aromatic heterocycles. The van der Waals surface area contributed by atoms with Gasteiger partial charge in [-0.1, -0.05) is 23.8 Å². The van der Waals surface area contributed by atoms with Crippen molar-refractivity contribution in [3.8, 4) is 0 Å². The van der Waals surface area contributed by atoms with Crippen LogP contribution in [0.1, 0.15) is 39.9 Å². The maximum Gasteiger partial charge on any atom is 0.256 e. The minimum atomic E-state index is -0.116. The standard InChI is InChI=1S/C20H22N2O2/c1-13-10-14(2)19(15(3)11-13)20(24)21-16-6-4-7-17(12-16)22-9-5-8-18(22)23/h4,6-7,10-12H,5,8-9H2,1-3H3,(H,21,24). The lowest BCUT2D eigenvalue weighted by Gasteiger charge is -2.17. The molecular weight excluding hydrogens is 300 g/mol. The normalized spacial score (nSPS) is 14.1.